The summed E-state index contributed by atoms with van der Waals surface area (Å²) in [5.41, 5.74) is 0.152. The van der Waals surface area contributed by atoms with Gasteiger partial charge in [-0.1, -0.05) is 12.5 Å². The van der Waals surface area contributed by atoms with E-state index in [1.807, 2.05) is 20.8 Å². The summed E-state index contributed by atoms with van der Waals surface area (Å²) in [7, 11) is 0. The topological polar surface area (TPSA) is 49.3 Å². The Hall–Kier alpha value is -0.830. The van der Waals surface area contributed by atoms with Gasteiger partial charge in [0, 0.05) is 12.6 Å². The summed E-state index contributed by atoms with van der Waals surface area (Å²) in [6, 6.07) is 0. The SMILES string of the molecule is CCC(C)(O)CNC(=O)C=C(C)C. The highest BCUT2D eigenvalue weighted by Gasteiger charge is 2.17. The fourth-order valence-corrected chi connectivity index (χ4v) is 0.716. The Morgan fingerprint density at radius 3 is 2.46 bits per heavy atom. The van der Waals surface area contributed by atoms with Crippen molar-refractivity contribution in [3.8, 4) is 0 Å². The number of aliphatic hydroxyl groups is 1. The van der Waals surface area contributed by atoms with Crippen molar-refractivity contribution in [2.24, 2.45) is 0 Å². The lowest BCUT2D eigenvalue weighted by atomic mass is 10.0. The van der Waals surface area contributed by atoms with Gasteiger partial charge in [-0.05, 0) is 27.2 Å². The van der Waals surface area contributed by atoms with Crippen molar-refractivity contribution in [2.45, 2.75) is 39.7 Å². The van der Waals surface area contributed by atoms with Crippen LogP contribution in [0.2, 0.25) is 0 Å². The molecule has 0 radical (unpaired) electrons. The zero-order valence-electron chi connectivity index (χ0n) is 8.85. The molecule has 1 amide bonds. The van der Waals surface area contributed by atoms with E-state index in [1.165, 1.54) is 6.08 Å². The minimum Gasteiger partial charge on any atom is -0.388 e. The zero-order valence-corrected chi connectivity index (χ0v) is 8.85. The summed E-state index contributed by atoms with van der Waals surface area (Å²) in [5.74, 6) is -0.145. The molecule has 0 spiro atoms. The van der Waals surface area contributed by atoms with Crippen LogP contribution in [-0.4, -0.2) is 23.2 Å². The molecule has 0 aromatic heterocycles. The van der Waals surface area contributed by atoms with Crippen LogP contribution < -0.4 is 5.32 Å². The quantitative estimate of drug-likeness (QED) is 0.647. The largest absolute Gasteiger partial charge is 0.388 e. The summed E-state index contributed by atoms with van der Waals surface area (Å²) in [6.45, 7) is 7.60. The van der Waals surface area contributed by atoms with Crippen molar-refractivity contribution in [1.82, 2.24) is 5.32 Å². The number of carbonyl (C=O) groups is 1. The molecule has 0 heterocycles. The maximum Gasteiger partial charge on any atom is 0.244 e. The van der Waals surface area contributed by atoms with Gasteiger partial charge in [0.25, 0.3) is 0 Å². The second kappa shape index (κ2) is 5.02. The monoisotopic (exact) mass is 185 g/mol. The van der Waals surface area contributed by atoms with Crippen LogP contribution in [0.4, 0.5) is 0 Å². The summed E-state index contributed by atoms with van der Waals surface area (Å²) in [5, 5.41) is 12.2. The van der Waals surface area contributed by atoms with Crippen molar-refractivity contribution < 1.29 is 9.90 Å². The first kappa shape index (κ1) is 12.2. The summed E-state index contributed by atoms with van der Waals surface area (Å²) >= 11 is 0. The van der Waals surface area contributed by atoms with Crippen molar-refractivity contribution in [2.75, 3.05) is 6.54 Å². The summed E-state index contributed by atoms with van der Waals surface area (Å²) < 4.78 is 0. The maximum absolute atomic E-state index is 11.1. The lowest BCUT2D eigenvalue weighted by molar-refractivity contribution is -0.117. The number of rotatable bonds is 4. The van der Waals surface area contributed by atoms with Crippen molar-refractivity contribution >= 4 is 5.91 Å². The molecule has 0 fully saturated rings. The highest BCUT2D eigenvalue weighted by atomic mass is 16.3. The number of hydrogen-bond acceptors (Lipinski definition) is 2. The lowest BCUT2D eigenvalue weighted by Gasteiger charge is -2.20. The molecule has 0 bridgehead atoms. The Labute approximate surface area is 79.8 Å². The summed E-state index contributed by atoms with van der Waals surface area (Å²) in [6.07, 6.45) is 2.15. The third-order valence-electron chi connectivity index (χ3n) is 1.82. The fraction of sp³-hybridized carbons (Fsp3) is 0.700. The molecule has 2 N–H and O–H groups in total. The second-order valence-electron chi connectivity index (χ2n) is 3.79. The van der Waals surface area contributed by atoms with Crippen molar-refractivity contribution in [3.63, 3.8) is 0 Å². The van der Waals surface area contributed by atoms with E-state index in [0.29, 0.717) is 13.0 Å². The van der Waals surface area contributed by atoms with Gasteiger partial charge in [0.1, 0.15) is 0 Å². The smallest absolute Gasteiger partial charge is 0.244 e. The molecule has 0 saturated carbocycles. The highest BCUT2D eigenvalue weighted by Crippen LogP contribution is 2.05. The lowest BCUT2D eigenvalue weighted by Crippen LogP contribution is -2.39. The van der Waals surface area contributed by atoms with Gasteiger partial charge in [0.05, 0.1) is 5.60 Å². The number of hydrogen-bond donors (Lipinski definition) is 2. The fourth-order valence-electron chi connectivity index (χ4n) is 0.716. The maximum atomic E-state index is 11.1. The van der Waals surface area contributed by atoms with Crippen LogP contribution in [0.15, 0.2) is 11.6 Å². The van der Waals surface area contributed by atoms with Gasteiger partial charge in [-0.3, -0.25) is 4.79 Å². The predicted octanol–water partition coefficient (Wildman–Crippen LogP) is 1.23. The van der Waals surface area contributed by atoms with E-state index in [0.717, 1.165) is 5.57 Å². The molecule has 0 saturated heterocycles. The van der Waals surface area contributed by atoms with Crippen molar-refractivity contribution in [3.05, 3.63) is 11.6 Å². The molecule has 76 valence electrons. The van der Waals surface area contributed by atoms with E-state index in [2.05, 4.69) is 5.32 Å². The normalized spacial score (nSPS) is 14.5. The van der Waals surface area contributed by atoms with E-state index in [1.54, 1.807) is 6.92 Å². The van der Waals surface area contributed by atoms with Gasteiger partial charge in [0.2, 0.25) is 5.91 Å². The molecular formula is C10H19NO2. The first-order chi connectivity index (χ1) is 5.87. The van der Waals surface area contributed by atoms with Crippen LogP contribution in [-0.2, 0) is 4.79 Å². The molecule has 0 aromatic carbocycles. The van der Waals surface area contributed by atoms with E-state index in [4.69, 9.17) is 0 Å². The molecule has 0 aliphatic heterocycles. The number of carbonyl (C=O) groups excluding carboxylic acids is 1. The zero-order chi connectivity index (χ0) is 10.5. The van der Waals surface area contributed by atoms with Gasteiger partial charge in [0.15, 0.2) is 0 Å². The second-order valence-corrected chi connectivity index (χ2v) is 3.79. The first-order valence-electron chi connectivity index (χ1n) is 4.52. The molecule has 3 nitrogen and oxygen atoms in total. The average molecular weight is 185 g/mol. The van der Waals surface area contributed by atoms with E-state index < -0.39 is 5.60 Å². The number of allylic oxidation sites excluding steroid dienone is 1. The number of nitrogens with one attached hydrogen (secondary N) is 1. The molecule has 3 heteroatoms. The molecular weight excluding hydrogens is 166 g/mol. The average Bonchev–Trinajstić information content (AvgIpc) is 2.00. The Morgan fingerprint density at radius 2 is 2.08 bits per heavy atom. The molecule has 1 atom stereocenters. The standard InChI is InChI=1S/C10H19NO2/c1-5-10(4,13)7-11-9(12)6-8(2)3/h6,13H,5,7H2,1-4H3,(H,11,12). The van der Waals surface area contributed by atoms with Gasteiger partial charge in [-0.15, -0.1) is 0 Å². The Morgan fingerprint density at radius 1 is 1.54 bits per heavy atom. The van der Waals surface area contributed by atoms with Gasteiger partial charge in [-0.25, -0.2) is 0 Å². The third kappa shape index (κ3) is 6.34. The molecule has 0 rings (SSSR count). The van der Waals surface area contributed by atoms with Crippen molar-refractivity contribution in [1.29, 1.82) is 0 Å². The van der Waals surface area contributed by atoms with E-state index >= 15 is 0 Å². The molecule has 0 aliphatic carbocycles. The minimum atomic E-state index is -0.800. The number of amides is 1. The predicted molar refractivity (Wildman–Crippen MR) is 53.4 cm³/mol. The van der Waals surface area contributed by atoms with E-state index in [9.17, 15) is 9.90 Å². The first-order valence-corrected chi connectivity index (χ1v) is 4.52. The third-order valence-corrected chi connectivity index (χ3v) is 1.82. The minimum absolute atomic E-state index is 0.145. The van der Waals surface area contributed by atoms with Gasteiger partial charge in [-0.2, -0.15) is 0 Å². The van der Waals surface area contributed by atoms with Crippen LogP contribution in [0.1, 0.15) is 34.1 Å². The van der Waals surface area contributed by atoms with Crippen LogP contribution in [0.5, 0.6) is 0 Å². The summed E-state index contributed by atoms with van der Waals surface area (Å²) in [4.78, 5) is 11.1. The van der Waals surface area contributed by atoms with Crippen LogP contribution in [0.25, 0.3) is 0 Å². The molecule has 13 heavy (non-hydrogen) atoms. The van der Waals surface area contributed by atoms with Crippen LogP contribution >= 0.6 is 0 Å². The Balaban J connectivity index is 3.90. The Bertz CT molecular complexity index is 203. The molecule has 0 aromatic rings. The molecule has 1 unspecified atom stereocenters. The van der Waals surface area contributed by atoms with E-state index in [-0.39, 0.29) is 5.91 Å². The Kier molecular flexibility index (Phi) is 4.70. The van der Waals surface area contributed by atoms with Crippen LogP contribution in [0.3, 0.4) is 0 Å². The molecule has 0 aliphatic rings. The highest BCUT2D eigenvalue weighted by molar-refractivity contribution is 5.88. The van der Waals surface area contributed by atoms with Gasteiger partial charge < -0.3 is 10.4 Å². The van der Waals surface area contributed by atoms with Crippen LogP contribution in [0, 0.1) is 0 Å². The van der Waals surface area contributed by atoms with Gasteiger partial charge >= 0.3 is 0 Å².